The molecule has 2 N–H and O–H groups in total. The molecule has 0 fully saturated rings. The van der Waals surface area contributed by atoms with E-state index >= 15 is 0 Å². The number of aryl methyl sites for hydroxylation is 1. The molecular formula is C16H22N4S. The minimum Gasteiger partial charge on any atom is -0.370 e. The predicted octanol–water partition coefficient (Wildman–Crippen LogP) is 4.16. The van der Waals surface area contributed by atoms with Gasteiger partial charge in [0.25, 0.3) is 0 Å². The van der Waals surface area contributed by atoms with Gasteiger partial charge in [-0.3, -0.25) is 0 Å². The van der Waals surface area contributed by atoms with Crippen molar-refractivity contribution in [2.24, 2.45) is 0 Å². The lowest BCUT2D eigenvalue weighted by Crippen LogP contribution is -2.17. The van der Waals surface area contributed by atoms with Crippen LogP contribution in [0.15, 0.2) is 17.8 Å². The van der Waals surface area contributed by atoms with Gasteiger partial charge in [-0.15, -0.1) is 11.3 Å². The lowest BCUT2D eigenvalue weighted by atomic mass is 9.94. The zero-order valence-corrected chi connectivity index (χ0v) is 13.5. The Bertz CT molecular complexity index is 608. The molecule has 1 aliphatic rings. The van der Waals surface area contributed by atoms with E-state index < -0.39 is 0 Å². The standard InChI is InChI=1S/C16H22N4S/c1-3-8-17-15-11(2)16(19-10-18-15)20-13-5-4-6-14-12(13)7-9-21-14/h7,9-10,13H,3-6,8H2,1-2H3,(H2,17,18,19,20). The molecule has 112 valence electrons. The molecule has 2 heterocycles. The molecule has 1 unspecified atom stereocenters. The molecule has 2 aromatic rings. The third kappa shape index (κ3) is 3.02. The quantitative estimate of drug-likeness (QED) is 0.871. The molecule has 0 amide bonds. The molecule has 0 aromatic carbocycles. The number of rotatable bonds is 5. The van der Waals surface area contributed by atoms with E-state index in [0.29, 0.717) is 6.04 Å². The SMILES string of the molecule is CCCNc1ncnc(NC2CCCc3sccc32)c1C. The van der Waals surface area contributed by atoms with Gasteiger partial charge in [0.15, 0.2) is 0 Å². The van der Waals surface area contributed by atoms with Gasteiger partial charge in [-0.1, -0.05) is 6.92 Å². The Hall–Kier alpha value is -1.62. The van der Waals surface area contributed by atoms with Crippen LogP contribution in [-0.4, -0.2) is 16.5 Å². The van der Waals surface area contributed by atoms with Gasteiger partial charge in [-0.2, -0.15) is 0 Å². The normalized spacial score (nSPS) is 17.3. The van der Waals surface area contributed by atoms with Gasteiger partial charge < -0.3 is 10.6 Å². The van der Waals surface area contributed by atoms with E-state index in [0.717, 1.165) is 30.2 Å². The van der Waals surface area contributed by atoms with Crippen molar-refractivity contribution in [3.8, 4) is 0 Å². The van der Waals surface area contributed by atoms with Crippen LogP contribution in [0.25, 0.3) is 0 Å². The third-order valence-corrected chi connectivity index (χ3v) is 4.99. The molecule has 1 atom stereocenters. The van der Waals surface area contributed by atoms with Gasteiger partial charge >= 0.3 is 0 Å². The Morgan fingerprint density at radius 1 is 1.33 bits per heavy atom. The molecule has 0 aliphatic heterocycles. The van der Waals surface area contributed by atoms with Crippen LogP contribution in [0.5, 0.6) is 0 Å². The van der Waals surface area contributed by atoms with Crippen molar-refractivity contribution in [1.82, 2.24) is 9.97 Å². The van der Waals surface area contributed by atoms with E-state index in [4.69, 9.17) is 0 Å². The van der Waals surface area contributed by atoms with Crippen molar-refractivity contribution in [1.29, 1.82) is 0 Å². The Balaban J connectivity index is 1.80. The number of nitrogens with one attached hydrogen (secondary N) is 2. The zero-order chi connectivity index (χ0) is 14.7. The second kappa shape index (κ2) is 6.43. The lowest BCUT2D eigenvalue weighted by molar-refractivity contribution is 0.606. The molecule has 0 saturated heterocycles. The van der Waals surface area contributed by atoms with E-state index in [9.17, 15) is 0 Å². The van der Waals surface area contributed by atoms with Gasteiger partial charge in [0.2, 0.25) is 0 Å². The van der Waals surface area contributed by atoms with Gasteiger partial charge in [-0.25, -0.2) is 9.97 Å². The molecule has 0 radical (unpaired) electrons. The van der Waals surface area contributed by atoms with Gasteiger partial charge in [0.05, 0.1) is 6.04 Å². The lowest BCUT2D eigenvalue weighted by Gasteiger charge is -2.25. The Labute approximate surface area is 130 Å². The van der Waals surface area contributed by atoms with E-state index in [1.54, 1.807) is 6.33 Å². The number of hydrogen-bond acceptors (Lipinski definition) is 5. The molecule has 21 heavy (non-hydrogen) atoms. The smallest absolute Gasteiger partial charge is 0.134 e. The fraction of sp³-hybridized carbons (Fsp3) is 0.500. The van der Waals surface area contributed by atoms with Crippen LogP contribution in [-0.2, 0) is 6.42 Å². The third-order valence-electron chi connectivity index (χ3n) is 3.99. The first-order valence-electron chi connectivity index (χ1n) is 7.68. The first kappa shape index (κ1) is 14.3. The Morgan fingerprint density at radius 3 is 3.05 bits per heavy atom. The molecule has 1 aliphatic carbocycles. The minimum absolute atomic E-state index is 0.382. The summed E-state index contributed by atoms with van der Waals surface area (Å²) in [4.78, 5) is 10.3. The fourth-order valence-electron chi connectivity index (χ4n) is 2.82. The largest absolute Gasteiger partial charge is 0.370 e. The number of aromatic nitrogens is 2. The van der Waals surface area contributed by atoms with Crippen LogP contribution < -0.4 is 10.6 Å². The predicted molar refractivity (Wildman–Crippen MR) is 89.2 cm³/mol. The molecule has 5 heteroatoms. The summed E-state index contributed by atoms with van der Waals surface area (Å²) in [7, 11) is 0. The topological polar surface area (TPSA) is 49.8 Å². The first-order valence-corrected chi connectivity index (χ1v) is 8.55. The fourth-order valence-corrected chi connectivity index (χ4v) is 3.81. The van der Waals surface area contributed by atoms with E-state index in [-0.39, 0.29) is 0 Å². The molecule has 4 nitrogen and oxygen atoms in total. The number of hydrogen-bond donors (Lipinski definition) is 2. The van der Waals surface area contributed by atoms with Crippen LogP contribution in [0.3, 0.4) is 0 Å². The summed E-state index contributed by atoms with van der Waals surface area (Å²) in [6.07, 6.45) is 6.37. The highest BCUT2D eigenvalue weighted by Crippen LogP contribution is 2.36. The monoisotopic (exact) mass is 302 g/mol. The number of thiophene rings is 1. The van der Waals surface area contributed by atoms with Gasteiger partial charge in [0, 0.05) is 17.0 Å². The maximum atomic E-state index is 4.44. The summed E-state index contributed by atoms with van der Waals surface area (Å²) in [5, 5.41) is 9.19. The maximum absolute atomic E-state index is 4.44. The summed E-state index contributed by atoms with van der Waals surface area (Å²) in [5.41, 5.74) is 2.56. The summed E-state index contributed by atoms with van der Waals surface area (Å²) in [6, 6.07) is 2.64. The summed E-state index contributed by atoms with van der Waals surface area (Å²) in [6.45, 7) is 5.18. The van der Waals surface area contributed by atoms with Crippen LogP contribution in [0, 0.1) is 6.92 Å². The van der Waals surface area contributed by atoms with E-state index in [1.807, 2.05) is 11.3 Å². The average molecular weight is 302 g/mol. The van der Waals surface area contributed by atoms with Gasteiger partial charge in [-0.05, 0) is 49.6 Å². The summed E-state index contributed by atoms with van der Waals surface area (Å²) < 4.78 is 0. The molecular weight excluding hydrogens is 280 g/mol. The molecule has 0 spiro atoms. The number of nitrogens with zero attached hydrogens (tertiary/aromatic N) is 2. The van der Waals surface area contributed by atoms with E-state index in [2.05, 4.69) is 45.9 Å². The van der Waals surface area contributed by atoms with Crippen LogP contribution in [0.1, 0.15) is 48.2 Å². The highest BCUT2D eigenvalue weighted by molar-refractivity contribution is 7.10. The first-order chi connectivity index (χ1) is 10.3. The van der Waals surface area contributed by atoms with Crippen LogP contribution >= 0.6 is 11.3 Å². The summed E-state index contributed by atoms with van der Waals surface area (Å²) >= 11 is 1.87. The summed E-state index contributed by atoms with van der Waals surface area (Å²) in [5.74, 6) is 1.89. The van der Waals surface area contributed by atoms with Crippen molar-refractivity contribution in [2.75, 3.05) is 17.2 Å². The minimum atomic E-state index is 0.382. The second-order valence-electron chi connectivity index (χ2n) is 5.51. The molecule has 0 saturated carbocycles. The molecule has 2 aromatic heterocycles. The second-order valence-corrected chi connectivity index (χ2v) is 6.51. The average Bonchev–Trinajstić information content (AvgIpc) is 2.98. The van der Waals surface area contributed by atoms with Crippen LogP contribution in [0.2, 0.25) is 0 Å². The Kier molecular flexibility index (Phi) is 4.39. The Morgan fingerprint density at radius 2 is 2.19 bits per heavy atom. The van der Waals surface area contributed by atoms with Crippen molar-refractivity contribution in [3.05, 3.63) is 33.8 Å². The highest BCUT2D eigenvalue weighted by Gasteiger charge is 2.22. The van der Waals surface area contributed by atoms with Crippen LogP contribution in [0.4, 0.5) is 11.6 Å². The molecule has 3 rings (SSSR count). The number of anilines is 2. The van der Waals surface area contributed by atoms with E-state index in [1.165, 1.54) is 29.7 Å². The highest BCUT2D eigenvalue weighted by atomic mass is 32.1. The van der Waals surface area contributed by atoms with Gasteiger partial charge in [0.1, 0.15) is 18.0 Å². The zero-order valence-electron chi connectivity index (χ0n) is 12.6. The maximum Gasteiger partial charge on any atom is 0.134 e. The molecule has 0 bridgehead atoms. The van der Waals surface area contributed by atoms with Crippen molar-refractivity contribution in [3.63, 3.8) is 0 Å². The van der Waals surface area contributed by atoms with Crippen molar-refractivity contribution in [2.45, 2.75) is 45.6 Å². The van der Waals surface area contributed by atoms with Crippen molar-refractivity contribution < 1.29 is 0 Å². The van der Waals surface area contributed by atoms with Crippen molar-refractivity contribution >= 4 is 23.0 Å². The number of fused-ring (bicyclic) bond motifs is 1.